The van der Waals surface area contributed by atoms with E-state index < -0.39 is 17.7 Å². The van der Waals surface area contributed by atoms with Gasteiger partial charge in [0.1, 0.15) is 17.5 Å². The van der Waals surface area contributed by atoms with Crippen LogP contribution in [-0.4, -0.2) is 95.6 Å². The van der Waals surface area contributed by atoms with Crippen LogP contribution in [0.3, 0.4) is 0 Å². The number of carbonyl (C=O) groups is 3. The molecule has 1 amide bonds. The van der Waals surface area contributed by atoms with Crippen LogP contribution >= 0.6 is 0 Å². The number of Topliss-reactive ketones (excluding diaryl/α,β-unsaturated/α-hetero) is 1. The molecule has 4 rings (SSSR count). The van der Waals surface area contributed by atoms with Gasteiger partial charge in [-0.15, -0.1) is 0 Å². The summed E-state index contributed by atoms with van der Waals surface area (Å²) in [5, 5.41) is 0. The lowest BCUT2D eigenvalue weighted by atomic mass is 10.0. The lowest BCUT2D eigenvalue weighted by molar-refractivity contribution is 0.0220. The number of hydrogen-bond donors (Lipinski definition) is 0. The van der Waals surface area contributed by atoms with Crippen LogP contribution in [0.4, 0.5) is 10.6 Å². The molecular formula is C28H34N6O5. The second kappa shape index (κ2) is 11.8. The summed E-state index contributed by atoms with van der Waals surface area (Å²) < 4.78 is 10.4. The Hall–Kier alpha value is -4.04. The molecule has 0 saturated carbocycles. The third-order valence-electron chi connectivity index (χ3n) is 6.71. The molecule has 2 aliphatic rings. The summed E-state index contributed by atoms with van der Waals surface area (Å²) >= 11 is 0. The minimum absolute atomic E-state index is 0.00802. The molecule has 0 N–H and O–H groups in total. The van der Waals surface area contributed by atoms with Crippen molar-refractivity contribution in [2.24, 2.45) is 0 Å². The maximum atomic E-state index is 12.9. The van der Waals surface area contributed by atoms with E-state index in [1.807, 2.05) is 43.9 Å². The molecule has 2 aromatic rings. The number of anilines is 1. The summed E-state index contributed by atoms with van der Waals surface area (Å²) in [5.74, 6) is -0.138. The predicted molar refractivity (Wildman–Crippen MR) is 144 cm³/mol. The van der Waals surface area contributed by atoms with Gasteiger partial charge in [0.25, 0.3) is 0 Å². The fourth-order valence-corrected chi connectivity index (χ4v) is 4.81. The number of piperazine rings is 1. The number of methoxy groups -OCH3 is 1. The first kappa shape index (κ1) is 28.0. The van der Waals surface area contributed by atoms with E-state index in [4.69, 9.17) is 16.0 Å². The SMILES string of the molecule is [C-]#[N+]C[C@H]1CN(c2nc(C(=O)OC)nc3c2CCN(C(=O)OC(C)(C)C)C3)CCN1CC(=O)c1ccccc1. The number of fused-ring (bicyclic) bond motifs is 1. The zero-order valence-corrected chi connectivity index (χ0v) is 22.8. The molecular weight excluding hydrogens is 500 g/mol. The van der Waals surface area contributed by atoms with Gasteiger partial charge in [-0.2, -0.15) is 0 Å². The van der Waals surface area contributed by atoms with Gasteiger partial charge in [-0.05, 0) is 27.2 Å². The Morgan fingerprint density at radius 2 is 1.85 bits per heavy atom. The smallest absolute Gasteiger partial charge is 0.410 e. The third kappa shape index (κ3) is 6.70. The largest absolute Gasteiger partial charge is 0.463 e. The number of rotatable bonds is 6. The van der Waals surface area contributed by atoms with Gasteiger partial charge < -0.3 is 24.1 Å². The normalized spacial score (nSPS) is 17.7. The summed E-state index contributed by atoms with van der Waals surface area (Å²) in [7, 11) is 1.27. The average Bonchev–Trinajstić information content (AvgIpc) is 2.92. The second-order valence-corrected chi connectivity index (χ2v) is 10.6. The van der Waals surface area contributed by atoms with E-state index in [9.17, 15) is 14.4 Å². The van der Waals surface area contributed by atoms with Crippen LogP contribution in [0, 0.1) is 6.57 Å². The summed E-state index contributed by atoms with van der Waals surface area (Å²) in [6.45, 7) is 15.5. The molecule has 1 fully saturated rings. The van der Waals surface area contributed by atoms with Gasteiger partial charge in [-0.1, -0.05) is 30.3 Å². The van der Waals surface area contributed by atoms with Gasteiger partial charge in [0.05, 0.1) is 25.9 Å². The molecule has 0 bridgehead atoms. The van der Waals surface area contributed by atoms with Crippen molar-refractivity contribution in [2.45, 2.75) is 45.4 Å². The molecule has 1 atom stereocenters. The van der Waals surface area contributed by atoms with Crippen molar-refractivity contribution in [3.63, 3.8) is 0 Å². The van der Waals surface area contributed by atoms with E-state index in [-0.39, 0.29) is 37.3 Å². The Morgan fingerprint density at radius 1 is 1.10 bits per heavy atom. The number of ether oxygens (including phenoxy) is 2. The predicted octanol–water partition coefficient (Wildman–Crippen LogP) is 2.85. The molecule has 0 unspecified atom stereocenters. The Kier molecular flexibility index (Phi) is 8.45. The summed E-state index contributed by atoms with van der Waals surface area (Å²) in [6, 6.07) is 8.94. The van der Waals surface area contributed by atoms with Gasteiger partial charge in [0.2, 0.25) is 12.4 Å². The summed E-state index contributed by atoms with van der Waals surface area (Å²) in [6.07, 6.45) is 0.0488. The highest BCUT2D eigenvalue weighted by Crippen LogP contribution is 2.29. The van der Waals surface area contributed by atoms with Crippen molar-refractivity contribution in [1.82, 2.24) is 19.8 Å². The van der Waals surface area contributed by atoms with Crippen molar-refractivity contribution in [3.05, 3.63) is 64.4 Å². The van der Waals surface area contributed by atoms with Crippen LogP contribution < -0.4 is 4.90 Å². The minimum atomic E-state index is -0.668. The molecule has 0 aliphatic carbocycles. The standard InChI is InChI=1S/C28H34N6O5/c1-28(2,3)39-27(37)34-12-11-21-22(17-34)30-24(26(36)38-5)31-25(21)33-14-13-32(20(16-33)15-29-4)18-23(35)19-9-7-6-8-10-19/h6-10,20H,11-18H2,1-3,5H3/t20-/m0/s1. The van der Waals surface area contributed by atoms with Crippen molar-refractivity contribution in [2.75, 3.05) is 51.3 Å². The Morgan fingerprint density at radius 3 is 2.51 bits per heavy atom. The highest BCUT2D eigenvalue weighted by Gasteiger charge is 2.35. The van der Waals surface area contributed by atoms with E-state index in [2.05, 4.69) is 19.7 Å². The third-order valence-corrected chi connectivity index (χ3v) is 6.71. The summed E-state index contributed by atoms with van der Waals surface area (Å²) in [5.41, 5.74) is 1.44. The molecule has 2 aliphatic heterocycles. The van der Waals surface area contributed by atoms with E-state index in [1.54, 1.807) is 17.0 Å². The molecule has 11 nitrogen and oxygen atoms in total. The number of amides is 1. The zero-order valence-electron chi connectivity index (χ0n) is 22.8. The molecule has 0 spiro atoms. The quantitative estimate of drug-likeness (QED) is 0.314. The van der Waals surface area contributed by atoms with Crippen LogP contribution in [0.5, 0.6) is 0 Å². The first-order valence-electron chi connectivity index (χ1n) is 13.0. The number of ketones is 1. The fourth-order valence-electron chi connectivity index (χ4n) is 4.81. The number of aromatic nitrogens is 2. The molecule has 0 radical (unpaired) electrons. The average molecular weight is 535 g/mol. The monoisotopic (exact) mass is 534 g/mol. The van der Waals surface area contributed by atoms with Gasteiger partial charge >= 0.3 is 12.1 Å². The Labute approximate surface area is 228 Å². The van der Waals surface area contributed by atoms with Crippen molar-refractivity contribution in [3.8, 4) is 0 Å². The Bertz CT molecular complexity index is 1270. The van der Waals surface area contributed by atoms with Crippen LogP contribution in [0.2, 0.25) is 0 Å². The fraction of sp³-hybridized carbons (Fsp3) is 0.500. The zero-order chi connectivity index (χ0) is 28.2. The van der Waals surface area contributed by atoms with Crippen molar-refractivity contribution < 1.29 is 23.9 Å². The van der Waals surface area contributed by atoms with E-state index in [0.717, 1.165) is 5.56 Å². The number of carbonyl (C=O) groups excluding carboxylic acids is 3. The maximum absolute atomic E-state index is 12.9. The van der Waals surface area contributed by atoms with E-state index >= 15 is 0 Å². The highest BCUT2D eigenvalue weighted by molar-refractivity contribution is 5.97. The number of nitrogens with zero attached hydrogens (tertiary/aromatic N) is 6. The molecule has 1 aromatic carbocycles. The lowest BCUT2D eigenvalue weighted by Gasteiger charge is -2.41. The molecule has 11 heteroatoms. The van der Waals surface area contributed by atoms with Crippen LogP contribution in [0.25, 0.3) is 4.85 Å². The molecule has 3 heterocycles. The van der Waals surface area contributed by atoms with Crippen molar-refractivity contribution >= 4 is 23.7 Å². The first-order chi connectivity index (χ1) is 18.6. The van der Waals surface area contributed by atoms with Gasteiger partial charge in [0, 0.05) is 37.3 Å². The second-order valence-electron chi connectivity index (χ2n) is 10.6. The van der Waals surface area contributed by atoms with Crippen LogP contribution in [0.15, 0.2) is 30.3 Å². The number of hydrogen-bond acceptors (Lipinski definition) is 9. The molecule has 206 valence electrons. The maximum Gasteiger partial charge on any atom is 0.410 e. The lowest BCUT2D eigenvalue weighted by Crippen LogP contribution is -2.56. The topological polar surface area (TPSA) is 110 Å². The minimum Gasteiger partial charge on any atom is -0.463 e. The van der Waals surface area contributed by atoms with E-state index in [0.29, 0.717) is 49.7 Å². The molecule has 1 saturated heterocycles. The summed E-state index contributed by atoms with van der Waals surface area (Å²) in [4.78, 5) is 56.4. The van der Waals surface area contributed by atoms with Gasteiger partial charge in [0.15, 0.2) is 5.78 Å². The van der Waals surface area contributed by atoms with Crippen molar-refractivity contribution in [1.29, 1.82) is 0 Å². The first-order valence-corrected chi connectivity index (χ1v) is 13.0. The Balaban J connectivity index is 1.58. The van der Waals surface area contributed by atoms with E-state index in [1.165, 1.54) is 7.11 Å². The molecule has 1 aromatic heterocycles. The van der Waals surface area contributed by atoms with Crippen LogP contribution in [-0.2, 0) is 22.4 Å². The van der Waals surface area contributed by atoms with Crippen LogP contribution in [0.1, 0.15) is 53.0 Å². The highest BCUT2D eigenvalue weighted by atomic mass is 16.6. The van der Waals surface area contributed by atoms with Gasteiger partial charge in [-0.25, -0.2) is 26.1 Å². The number of benzene rings is 1. The molecule has 39 heavy (non-hydrogen) atoms. The number of esters is 1. The van der Waals surface area contributed by atoms with Gasteiger partial charge in [-0.3, -0.25) is 9.69 Å².